The number of hydrogen-bond acceptors (Lipinski definition) is 7. The van der Waals surface area contributed by atoms with Crippen LogP contribution in [0.4, 0.5) is 0 Å². The van der Waals surface area contributed by atoms with E-state index < -0.39 is 5.97 Å². The second-order valence-corrected chi connectivity index (χ2v) is 12.6. The third kappa shape index (κ3) is 7.75. The fraction of sp³-hybridized carbons (Fsp3) is 0.565. The lowest BCUT2D eigenvalue weighted by Gasteiger charge is -2.14. The molecule has 1 saturated heterocycles. The molecular weight excluding hydrogens is 494 g/mol. The Labute approximate surface area is 200 Å². The van der Waals surface area contributed by atoms with Crippen molar-refractivity contribution in [1.82, 2.24) is 9.97 Å². The second-order valence-electron chi connectivity index (χ2n) is 8.57. The van der Waals surface area contributed by atoms with Crippen molar-refractivity contribution in [1.29, 1.82) is 0 Å². The van der Waals surface area contributed by atoms with Crippen LogP contribution in [0.5, 0.6) is 0 Å². The van der Waals surface area contributed by atoms with E-state index in [0.29, 0.717) is 4.75 Å². The van der Waals surface area contributed by atoms with Crippen LogP contribution in [0.15, 0.2) is 34.0 Å². The fourth-order valence-electron chi connectivity index (χ4n) is 3.75. The van der Waals surface area contributed by atoms with E-state index in [1.165, 1.54) is 24.1 Å². The number of carboxylic acid groups (broad SMARTS) is 1. The van der Waals surface area contributed by atoms with Gasteiger partial charge in [0.2, 0.25) is 0 Å². The first kappa shape index (κ1) is 24.5. The summed E-state index contributed by atoms with van der Waals surface area (Å²) in [6.07, 6.45) is 11.1. The minimum atomic E-state index is -0.918. The van der Waals surface area contributed by atoms with Gasteiger partial charge in [0, 0.05) is 51.5 Å². The van der Waals surface area contributed by atoms with E-state index in [-0.39, 0.29) is 6.42 Å². The molecule has 1 atom stereocenters. The number of aliphatic imine (C=N–C) groups is 1. The standard InChI is InChI=1S/C13H12BrN3.C10H18O2S2/c14-12-9(8-10-2-1-5-15-10)3-4-11-13(12)17-7-6-16-11;1-10(2)7-8(13-14-10)5-3-4-6-9(11)12/h3-4,6-7H,1-2,5,8H2;8H,3-7H2,1-2H3,(H,11,12)/p-1/t;8-/m.1/s1. The SMILES string of the molecule is Brc1c(CC2=NCCC2)ccc2nccnc12.CC1(C)C[C@@H](CCCCC(=O)[O-])SS1. The van der Waals surface area contributed by atoms with E-state index in [1.54, 1.807) is 12.4 Å². The molecule has 5 nitrogen and oxygen atoms in total. The second kappa shape index (κ2) is 11.7. The number of fused-ring (bicyclic) bond motifs is 1. The van der Waals surface area contributed by atoms with Gasteiger partial charge in [-0.1, -0.05) is 34.1 Å². The van der Waals surface area contributed by atoms with Gasteiger partial charge in [0.15, 0.2) is 0 Å². The summed E-state index contributed by atoms with van der Waals surface area (Å²) in [7, 11) is 3.92. The predicted molar refractivity (Wildman–Crippen MR) is 134 cm³/mol. The molecule has 168 valence electrons. The molecule has 2 aliphatic rings. The van der Waals surface area contributed by atoms with Crippen LogP contribution in [0.1, 0.15) is 64.4 Å². The Kier molecular flexibility index (Phi) is 9.22. The van der Waals surface area contributed by atoms with Gasteiger partial charge in [-0.05, 0) is 79.9 Å². The van der Waals surface area contributed by atoms with Gasteiger partial charge in [0.25, 0.3) is 0 Å². The molecule has 0 spiro atoms. The summed E-state index contributed by atoms with van der Waals surface area (Å²) in [5.74, 6) is -0.918. The summed E-state index contributed by atoms with van der Waals surface area (Å²) < 4.78 is 1.46. The number of aromatic nitrogens is 2. The molecule has 1 aromatic carbocycles. The molecule has 0 radical (unpaired) electrons. The number of carbonyl (C=O) groups excluding carboxylic acids is 1. The van der Waals surface area contributed by atoms with Crippen molar-refractivity contribution in [3.8, 4) is 0 Å². The first-order valence-corrected chi connectivity index (χ1v) is 13.8. The van der Waals surface area contributed by atoms with Gasteiger partial charge in [-0.2, -0.15) is 0 Å². The van der Waals surface area contributed by atoms with Crippen LogP contribution < -0.4 is 5.11 Å². The lowest BCUT2D eigenvalue weighted by Crippen LogP contribution is -2.21. The van der Waals surface area contributed by atoms with Crippen LogP contribution >= 0.6 is 37.5 Å². The van der Waals surface area contributed by atoms with E-state index >= 15 is 0 Å². The van der Waals surface area contributed by atoms with Crippen LogP contribution in [-0.4, -0.2) is 38.2 Å². The summed E-state index contributed by atoms with van der Waals surface area (Å²) in [5.41, 5.74) is 4.41. The molecule has 2 aliphatic heterocycles. The maximum Gasteiger partial charge on any atom is 0.103 e. The number of nitrogens with zero attached hydrogens (tertiary/aromatic N) is 3. The van der Waals surface area contributed by atoms with Crippen molar-refractivity contribution in [2.75, 3.05) is 6.54 Å². The Balaban J connectivity index is 0.000000180. The number of hydrogen-bond donors (Lipinski definition) is 0. The highest BCUT2D eigenvalue weighted by Gasteiger charge is 2.32. The monoisotopic (exact) mass is 522 g/mol. The van der Waals surface area contributed by atoms with Crippen LogP contribution in [0.2, 0.25) is 0 Å². The molecule has 4 rings (SSSR count). The zero-order valence-corrected chi connectivity index (χ0v) is 21.3. The van der Waals surface area contributed by atoms with Crippen molar-refractivity contribution >= 4 is 60.2 Å². The Morgan fingerprint density at radius 1 is 1.26 bits per heavy atom. The van der Waals surface area contributed by atoms with Gasteiger partial charge in [0.1, 0.15) is 5.52 Å². The molecular formula is C23H29BrN3O2S2-. The number of halogens is 1. The molecule has 1 fully saturated rings. The fourth-order valence-corrected chi connectivity index (χ4v) is 7.73. The van der Waals surface area contributed by atoms with Gasteiger partial charge in [0.05, 0.1) is 5.52 Å². The van der Waals surface area contributed by atoms with Gasteiger partial charge >= 0.3 is 0 Å². The summed E-state index contributed by atoms with van der Waals surface area (Å²) in [6.45, 7) is 5.53. The van der Waals surface area contributed by atoms with Crippen LogP contribution in [-0.2, 0) is 11.2 Å². The molecule has 31 heavy (non-hydrogen) atoms. The van der Waals surface area contributed by atoms with Crippen LogP contribution in [0, 0.1) is 0 Å². The molecule has 0 aliphatic carbocycles. The number of carboxylic acids is 1. The number of carbonyl (C=O) groups is 1. The molecule has 2 aromatic rings. The summed E-state index contributed by atoms with van der Waals surface area (Å²) >= 11 is 3.63. The highest BCUT2D eigenvalue weighted by Crippen LogP contribution is 2.52. The molecule has 1 aromatic heterocycles. The van der Waals surface area contributed by atoms with Crippen molar-refractivity contribution < 1.29 is 9.90 Å². The summed E-state index contributed by atoms with van der Waals surface area (Å²) in [6, 6.07) is 4.14. The number of unbranched alkanes of at least 4 members (excludes halogenated alkanes) is 1. The average molecular weight is 524 g/mol. The van der Waals surface area contributed by atoms with Gasteiger partial charge in [-0.15, -0.1) is 0 Å². The predicted octanol–water partition coefficient (Wildman–Crippen LogP) is 5.40. The van der Waals surface area contributed by atoms with Crippen molar-refractivity contribution in [3.05, 3.63) is 34.6 Å². The van der Waals surface area contributed by atoms with Gasteiger partial charge in [-0.3, -0.25) is 15.0 Å². The Morgan fingerprint density at radius 2 is 2.06 bits per heavy atom. The van der Waals surface area contributed by atoms with Crippen LogP contribution in [0.3, 0.4) is 0 Å². The maximum absolute atomic E-state index is 10.2. The Bertz CT molecular complexity index is 936. The van der Waals surface area contributed by atoms with Crippen molar-refractivity contribution in [2.24, 2.45) is 4.99 Å². The zero-order valence-electron chi connectivity index (χ0n) is 18.1. The Morgan fingerprint density at radius 3 is 2.74 bits per heavy atom. The number of rotatable bonds is 7. The minimum absolute atomic E-state index is 0.216. The Hall–Kier alpha value is -1.12. The maximum atomic E-state index is 10.2. The molecule has 3 heterocycles. The van der Waals surface area contributed by atoms with Gasteiger partial charge < -0.3 is 9.90 Å². The molecule has 0 saturated carbocycles. The molecule has 8 heteroatoms. The zero-order chi connectivity index (χ0) is 22.3. The molecule has 0 amide bonds. The van der Waals surface area contributed by atoms with Gasteiger partial charge in [-0.25, -0.2) is 0 Å². The molecule has 0 bridgehead atoms. The number of benzene rings is 1. The summed E-state index contributed by atoms with van der Waals surface area (Å²) in [4.78, 5) is 23.3. The third-order valence-electron chi connectivity index (χ3n) is 5.30. The number of aliphatic carboxylic acids is 1. The van der Waals surface area contributed by atoms with Crippen LogP contribution in [0.25, 0.3) is 11.0 Å². The quantitative estimate of drug-likeness (QED) is 0.357. The largest absolute Gasteiger partial charge is 0.550 e. The lowest BCUT2D eigenvalue weighted by atomic mass is 10.0. The smallest absolute Gasteiger partial charge is 0.103 e. The van der Waals surface area contributed by atoms with Crippen molar-refractivity contribution in [3.63, 3.8) is 0 Å². The van der Waals surface area contributed by atoms with E-state index in [2.05, 4.69) is 50.8 Å². The minimum Gasteiger partial charge on any atom is -0.550 e. The van der Waals surface area contributed by atoms with E-state index in [0.717, 1.165) is 59.4 Å². The summed E-state index contributed by atoms with van der Waals surface area (Å²) in [5, 5.41) is 10.9. The first-order valence-electron chi connectivity index (χ1n) is 10.8. The lowest BCUT2D eigenvalue weighted by molar-refractivity contribution is -0.305. The average Bonchev–Trinajstić information content (AvgIpc) is 3.37. The highest BCUT2D eigenvalue weighted by molar-refractivity contribution is 9.10. The van der Waals surface area contributed by atoms with E-state index in [4.69, 9.17) is 0 Å². The topological polar surface area (TPSA) is 78.3 Å². The van der Waals surface area contributed by atoms with E-state index in [1.807, 2.05) is 27.7 Å². The normalized spacial score (nSPS) is 19.7. The van der Waals surface area contributed by atoms with Crippen molar-refractivity contribution in [2.45, 2.75) is 75.2 Å². The van der Waals surface area contributed by atoms with E-state index in [9.17, 15) is 9.90 Å². The molecule has 0 unspecified atom stereocenters. The highest BCUT2D eigenvalue weighted by atomic mass is 79.9. The first-order chi connectivity index (χ1) is 14.8. The third-order valence-corrected chi connectivity index (χ3v) is 10.0. The molecule has 0 N–H and O–H groups in total.